The Morgan fingerprint density at radius 3 is 2.68 bits per heavy atom. The molecule has 19 heavy (non-hydrogen) atoms. The average molecular weight is 272 g/mol. The Morgan fingerprint density at radius 2 is 2.00 bits per heavy atom. The maximum Gasteiger partial charge on any atom is 0.115 e. The van der Waals surface area contributed by atoms with E-state index >= 15 is 0 Å². The number of phenols is 1. The van der Waals surface area contributed by atoms with Gasteiger partial charge in [0.05, 0.1) is 12.7 Å². The van der Waals surface area contributed by atoms with E-state index in [1.165, 1.54) is 9.75 Å². The Kier molecular flexibility index (Phi) is 3.17. The zero-order valence-corrected chi connectivity index (χ0v) is 11.5. The van der Waals surface area contributed by atoms with Crippen molar-refractivity contribution in [2.24, 2.45) is 0 Å². The van der Waals surface area contributed by atoms with Crippen LogP contribution in [0.4, 0.5) is 0 Å². The van der Waals surface area contributed by atoms with Crippen molar-refractivity contribution in [3.8, 4) is 16.2 Å². The number of benzene rings is 1. The highest BCUT2D eigenvalue weighted by Crippen LogP contribution is 2.34. The summed E-state index contributed by atoms with van der Waals surface area (Å²) >= 11 is 1.80. The van der Waals surface area contributed by atoms with E-state index in [0.29, 0.717) is 11.8 Å². The summed E-state index contributed by atoms with van der Waals surface area (Å²) in [5, 5.41) is 12.5. The summed E-state index contributed by atoms with van der Waals surface area (Å²) in [7, 11) is 0. The summed E-state index contributed by atoms with van der Waals surface area (Å²) in [6, 6.07) is 12.1. The van der Waals surface area contributed by atoms with Crippen molar-refractivity contribution in [2.45, 2.75) is 13.0 Å². The minimum atomic E-state index is 0.308. The first-order valence-electron chi connectivity index (χ1n) is 6.29. The highest BCUT2D eigenvalue weighted by Gasteiger charge is 2.16. The molecule has 1 atom stereocenters. The number of nitrogens with zero attached hydrogens (tertiary/aromatic N) is 1. The van der Waals surface area contributed by atoms with E-state index in [-0.39, 0.29) is 0 Å². The maximum absolute atomic E-state index is 9.32. The lowest BCUT2D eigenvalue weighted by Crippen LogP contribution is -2.23. The molecule has 2 heterocycles. The van der Waals surface area contributed by atoms with Crippen LogP contribution in [0, 0.1) is 0 Å². The Bertz CT molecular complexity index is 588. The van der Waals surface area contributed by atoms with Gasteiger partial charge in [-0.25, -0.2) is 0 Å². The molecule has 0 spiro atoms. The molecule has 0 bridgehead atoms. The molecule has 0 saturated carbocycles. The lowest BCUT2D eigenvalue weighted by atomic mass is 10.2. The number of hydrogen-bond donors (Lipinski definition) is 2. The summed E-state index contributed by atoms with van der Waals surface area (Å²) < 4.78 is 0. The number of aromatic hydroxyl groups is 1. The van der Waals surface area contributed by atoms with Crippen LogP contribution in [0.15, 0.2) is 48.8 Å². The molecule has 1 aliphatic heterocycles. The second kappa shape index (κ2) is 4.97. The van der Waals surface area contributed by atoms with Crippen LogP contribution in [0.5, 0.6) is 5.75 Å². The fourth-order valence-corrected chi connectivity index (χ4v) is 3.23. The quantitative estimate of drug-likeness (QED) is 0.897. The second-order valence-corrected chi connectivity index (χ2v) is 5.73. The molecule has 1 unspecified atom stereocenters. The lowest BCUT2D eigenvalue weighted by molar-refractivity contribution is 0.315. The molecule has 1 aliphatic rings. The first-order valence-corrected chi connectivity index (χ1v) is 7.10. The summed E-state index contributed by atoms with van der Waals surface area (Å²) in [6.07, 6.45) is 4.07. The number of thiophene rings is 1. The number of nitrogens with one attached hydrogen (secondary N) is 1. The predicted molar refractivity (Wildman–Crippen MR) is 78.8 cm³/mol. The normalized spacial score (nSPS) is 15.5. The first kappa shape index (κ1) is 12.1. The van der Waals surface area contributed by atoms with Gasteiger partial charge >= 0.3 is 0 Å². The predicted octanol–water partition coefficient (Wildman–Crippen LogP) is 3.52. The van der Waals surface area contributed by atoms with E-state index < -0.39 is 0 Å². The van der Waals surface area contributed by atoms with Gasteiger partial charge in [-0.15, -0.1) is 11.3 Å². The minimum Gasteiger partial charge on any atom is -0.508 e. The van der Waals surface area contributed by atoms with E-state index in [9.17, 15) is 5.11 Å². The molecule has 0 fully saturated rings. The van der Waals surface area contributed by atoms with Gasteiger partial charge in [-0.05, 0) is 48.9 Å². The highest BCUT2D eigenvalue weighted by atomic mass is 32.1. The molecule has 1 aromatic carbocycles. The minimum absolute atomic E-state index is 0.308. The van der Waals surface area contributed by atoms with Gasteiger partial charge in [-0.3, -0.25) is 0 Å². The van der Waals surface area contributed by atoms with Crippen molar-refractivity contribution in [3.05, 3.63) is 53.7 Å². The molecule has 3 nitrogen and oxygen atoms in total. The van der Waals surface area contributed by atoms with E-state index in [1.807, 2.05) is 18.3 Å². The Labute approximate surface area is 116 Å². The standard InChI is InChI=1S/C15H16N2OS/c1-11(17-9-8-16-10-17)14-6-7-15(19-14)12-2-4-13(18)5-3-12/h2-9,11,16,18H,10H2,1H3. The second-order valence-electron chi connectivity index (χ2n) is 4.62. The van der Waals surface area contributed by atoms with Crippen molar-refractivity contribution < 1.29 is 5.11 Å². The van der Waals surface area contributed by atoms with Gasteiger partial charge in [0.1, 0.15) is 5.75 Å². The van der Waals surface area contributed by atoms with Crippen molar-refractivity contribution in [2.75, 3.05) is 6.67 Å². The summed E-state index contributed by atoms with van der Waals surface area (Å²) in [4.78, 5) is 4.85. The van der Waals surface area contributed by atoms with Crippen molar-refractivity contribution in [3.63, 3.8) is 0 Å². The molecule has 1 aromatic heterocycles. The topological polar surface area (TPSA) is 35.5 Å². The van der Waals surface area contributed by atoms with Crippen LogP contribution in [0.2, 0.25) is 0 Å². The fourth-order valence-electron chi connectivity index (χ4n) is 2.15. The summed E-state index contributed by atoms with van der Waals surface area (Å²) in [6.45, 7) is 3.08. The average Bonchev–Trinajstić information content (AvgIpc) is 3.10. The van der Waals surface area contributed by atoms with Crippen LogP contribution in [0.25, 0.3) is 10.4 Å². The fraction of sp³-hybridized carbons (Fsp3) is 0.200. The maximum atomic E-state index is 9.32. The Balaban J connectivity index is 1.82. The molecule has 2 N–H and O–H groups in total. The van der Waals surface area contributed by atoms with Crippen molar-refractivity contribution in [1.29, 1.82) is 0 Å². The number of hydrogen-bond acceptors (Lipinski definition) is 4. The van der Waals surface area contributed by atoms with Gasteiger partial charge in [-0.2, -0.15) is 0 Å². The lowest BCUT2D eigenvalue weighted by Gasteiger charge is -2.22. The zero-order chi connectivity index (χ0) is 13.2. The molecular weight excluding hydrogens is 256 g/mol. The van der Waals surface area contributed by atoms with Crippen LogP contribution in [-0.4, -0.2) is 16.7 Å². The summed E-state index contributed by atoms with van der Waals surface area (Å²) in [5.74, 6) is 0.308. The molecule has 0 radical (unpaired) electrons. The van der Waals surface area contributed by atoms with E-state index in [1.54, 1.807) is 23.5 Å². The SMILES string of the molecule is CC(c1ccc(-c2ccc(O)cc2)s1)N1C=CNC1. The van der Waals surface area contributed by atoms with Crippen LogP contribution in [0.1, 0.15) is 17.8 Å². The molecule has 0 amide bonds. The molecule has 4 heteroatoms. The van der Waals surface area contributed by atoms with Gasteiger partial charge in [0, 0.05) is 22.2 Å². The van der Waals surface area contributed by atoms with E-state index in [0.717, 1.165) is 12.2 Å². The van der Waals surface area contributed by atoms with Gasteiger partial charge in [0.25, 0.3) is 0 Å². The monoisotopic (exact) mass is 272 g/mol. The van der Waals surface area contributed by atoms with Crippen molar-refractivity contribution >= 4 is 11.3 Å². The summed E-state index contributed by atoms with van der Waals surface area (Å²) in [5.41, 5.74) is 1.15. The third-order valence-electron chi connectivity index (χ3n) is 3.35. The van der Waals surface area contributed by atoms with Crippen LogP contribution in [-0.2, 0) is 0 Å². The van der Waals surface area contributed by atoms with Gasteiger partial charge in [-0.1, -0.05) is 0 Å². The van der Waals surface area contributed by atoms with Crippen LogP contribution in [0.3, 0.4) is 0 Å². The molecule has 2 aromatic rings. The van der Waals surface area contributed by atoms with Gasteiger partial charge < -0.3 is 15.3 Å². The Morgan fingerprint density at radius 1 is 1.21 bits per heavy atom. The van der Waals surface area contributed by atoms with Crippen LogP contribution < -0.4 is 5.32 Å². The highest BCUT2D eigenvalue weighted by molar-refractivity contribution is 7.15. The van der Waals surface area contributed by atoms with Gasteiger partial charge in [0.15, 0.2) is 0 Å². The molecule has 3 rings (SSSR count). The third-order valence-corrected chi connectivity index (χ3v) is 4.65. The molecule has 98 valence electrons. The van der Waals surface area contributed by atoms with Gasteiger partial charge in [0.2, 0.25) is 0 Å². The Hall–Kier alpha value is -1.94. The number of rotatable bonds is 3. The van der Waals surface area contributed by atoms with E-state index in [2.05, 4.69) is 35.5 Å². The first-order chi connectivity index (χ1) is 9.24. The smallest absolute Gasteiger partial charge is 0.115 e. The third kappa shape index (κ3) is 2.44. The molecular formula is C15H16N2OS. The van der Waals surface area contributed by atoms with Crippen LogP contribution >= 0.6 is 11.3 Å². The molecule has 0 saturated heterocycles. The zero-order valence-electron chi connectivity index (χ0n) is 10.7. The molecule has 0 aliphatic carbocycles. The number of phenolic OH excluding ortho intramolecular Hbond substituents is 1. The van der Waals surface area contributed by atoms with E-state index in [4.69, 9.17) is 0 Å². The van der Waals surface area contributed by atoms with Crippen molar-refractivity contribution in [1.82, 2.24) is 10.2 Å². The largest absolute Gasteiger partial charge is 0.508 e.